The molecule has 48 valence electrons. The van der Waals surface area contributed by atoms with Gasteiger partial charge in [-0.05, 0) is 6.92 Å². The van der Waals surface area contributed by atoms with Crippen LogP contribution in [-0.4, -0.2) is 11.2 Å². The van der Waals surface area contributed by atoms with Gasteiger partial charge in [-0.25, -0.2) is 4.98 Å². The quantitative estimate of drug-likeness (QED) is 0.356. The van der Waals surface area contributed by atoms with Crippen LogP contribution in [0, 0.1) is 6.92 Å². The van der Waals surface area contributed by atoms with Gasteiger partial charge in [0.25, 0.3) is 0 Å². The zero-order chi connectivity index (χ0) is 6.69. The Bertz CT molecular complexity index is 216. The van der Waals surface area contributed by atoms with E-state index in [1.165, 1.54) is 11.1 Å². The largest absolute Gasteiger partial charge is 0.323 e. The molecule has 0 spiro atoms. The summed E-state index contributed by atoms with van der Waals surface area (Å²) in [4.78, 5) is 5.17. The van der Waals surface area contributed by atoms with Crippen LogP contribution in [0.25, 0.3) is 0 Å². The van der Waals surface area contributed by atoms with Crippen molar-refractivity contribution in [3.8, 4) is 0 Å². The van der Waals surface area contributed by atoms with E-state index in [0.29, 0.717) is 0 Å². The van der Waals surface area contributed by atoms with Crippen molar-refractivity contribution in [3.63, 3.8) is 0 Å². The Hall–Kier alpha value is -0.900. The molecule has 0 radical (unpaired) electrons. The predicted octanol–water partition coefficient (Wildman–Crippen LogP) is 0.744. The molecule has 3 nitrogen and oxygen atoms in total. The fourth-order valence-electron chi connectivity index (χ4n) is 0.496. The minimum atomic E-state index is 0.856. The molecule has 0 aliphatic heterocycles. The molecule has 0 aromatic carbocycles. The van der Waals surface area contributed by atoms with Gasteiger partial charge in [0, 0.05) is 11.1 Å². The summed E-state index contributed by atoms with van der Waals surface area (Å²) in [5.41, 5.74) is 0. The number of hydrogen-bond acceptors (Lipinski definition) is 4. The van der Waals surface area contributed by atoms with Gasteiger partial charge in [-0.3, -0.25) is 0 Å². The number of hydrazone groups is 1. The van der Waals surface area contributed by atoms with Crippen molar-refractivity contribution < 1.29 is 0 Å². The first-order chi connectivity index (χ1) is 4.33. The van der Waals surface area contributed by atoms with Crippen molar-refractivity contribution in [2.45, 2.75) is 6.92 Å². The van der Waals surface area contributed by atoms with Gasteiger partial charge in [-0.1, -0.05) is 0 Å². The van der Waals surface area contributed by atoms with Gasteiger partial charge < -0.3 is 5.84 Å². The predicted molar refractivity (Wildman–Crippen MR) is 38.6 cm³/mol. The van der Waals surface area contributed by atoms with Gasteiger partial charge in [0.1, 0.15) is 5.01 Å². The SMILES string of the molecule is Cc1cnc(/C=N\N)s1. The van der Waals surface area contributed by atoms with Crippen LogP contribution in [-0.2, 0) is 0 Å². The second-order valence-corrected chi connectivity index (χ2v) is 2.85. The zero-order valence-corrected chi connectivity index (χ0v) is 5.85. The van der Waals surface area contributed by atoms with Crippen LogP contribution < -0.4 is 5.84 Å². The summed E-state index contributed by atoms with van der Waals surface area (Å²) in [5.74, 6) is 4.91. The van der Waals surface area contributed by atoms with E-state index < -0.39 is 0 Å². The second kappa shape index (κ2) is 2.59. The molecule has 0 aliphatic carbocycles. The summed E-state index contributed by atoms with van der Waals surface area (Å²) in [6.07, 6.45) is 3.33. The summed E-state index contributed by atoms with van der Waals surface area (Å²) < 4.78 is 0. The Morgan fingerprint density at radius 3 is 3.11 bits per heavy atom. The van der Waals surface area contributed by atoms with Gasteiger partial charge in [0.05, 0.1) is 6.21 Å². The van der Waals surface area contributed by atoms with Crippen LogP contribution in [0.3, 0.4) is 0 Å². The number of aryl methyl sites for hydroxylation is 1. The molecule has 0 atom stereocenters. The molecule has 0 saturated heterocycles. The topological polar surface area (TPSA) is 51.3 Å². The van der Waals surface area contributed by atoms with Gasteiger partial charge in [0.15, 0.2) is 0 Å². The van der Waals surface area contributed by atoms with Crippen LogP contribution in [0.5, 0.6) is 0 Å². The van der Waals surface area contributed by atoms with Crippen molar-refractivity contribution in [3.05, 3.63) is 16.1 Å². The average Bonchev–Trinajstić information content (AvgIpc) is 2.17. The van der Waals surface area contributed by atoms with Crippen molar-refractivity contribution in [2.24, 2.45) is 10.9 Å². The fourth-order valence-corrected chi connectivity index (χ4v) is 1.15. The zero-order valence-electron chi connectivity index (χ0n) is 5.03. The van der Waals surface area contributed by atoms with E-state index in [1.807, 2.05) is 6.92 Å². The normalized spacial score (nSPS) is 10.8. The molecular formula is C5H7N3S. The van der Waals surface area contributed by atoms with E-state index in [1.54, 1.807) is 17.5 Å². The Labute approximate surface area is 57.2 Å². The molecule has 2 N–H and O–H groups in total. The average molecular weight is 141 g/mol. The third kappa shape index (κ3) is 1.50. The molecule has 1 rings (SSSR count). The van der Waals surface area contributed by atoms with E-state index >= 15 is 0 Å². The Morgan fingerprint density at radius 1 is 1.89 bits per heavy atom. The van der Waals surface area contributed by atoms with Crippen LogP contribution in [0.2, 0.25) is 0 Å². The van der Waals surface area contributed by atoms with Gasteiger partial charge >= 0.3 is 0 Å². The van der Waals surface area contributed by atoms with E-state index in [2.05, 4.69) is 10.1 Å². The first-order valence-electron chi connectivity index (χ1n) is 2.48. The van der Waals surface area contributed by atoms with Gasteiger partial charge in [-0.15, -0.1) is 11.3 Å². The summed E-state index contributed by atoms with van der Waals surface area (Å²) in [6, 6.07) is 0. The van der Waals surface area contributed by atoms with Crippen molar-refractivity contribution in [1.29, 1.82) is 0 Å². The number of nitrogens with two attached hydrogens (primary N) is 1. The van der Waals surface area contributed by atoms with E-state index in [-0.39, 0.29) is 0 Å². The maximum atomic E-state index is 4.91. The van der Waals surface area contributed by atoms with Gasteiger partial charge in [0.2, 0.25) is 0 Å². The van der Waals surface area contributed by atoms with Crippen LogP contribution in [0.4, 0.5) is 0 Å². The lowest BCUT2D eigenvalue weighted by Crippen LogP contribution is -1.82. The molecular weight excluding hydrogens is 134 g/mol. The lowest BCUT2D eigenvalue weighted by atomic mass is 10.6. The summed E-state index contributed by atoms with van der Waals surface area (Å²) in [6.45, 7) is 1.99. The molecule has 0 fully saturated rings. The molecule has 0 amide bonds. The third-order valence-electron chi connectivity index (χ3n) is 0.824. The number of hydrogen-bond donors (Lipinski definition) is 1. The highest BCUT2D eigenvalue weighted by Gasteiger charge is 1.91. The first-order valence-corrected chi connectivity index (χ1v) is 3.30. The summed E-state index contributed by atoms with van der Waals surface area (Å²) in [5, 5.41) is 4.20. The summed E-state index contributed by atoms with van der Waals surface area (Å²) in [7, 11) is 0. The number of rotatable bonds is 1. The maximum Gasteiger partial charge on any atom is 0.136 e. The highest BCUT2D eigenvalue weighted by Crippen LogP contribution is 2.07. The van der Waals surface area contributed by atoms with Crippen molar-refractivity contribution >= 4 is 17.6 Å². The van der Waals surface area contributed by atoms with Crippen LogP contribution >= 0.6 is 11.3 Å². The number of aromatic nitrogens is 1. The maximum absolute atomic E-state index is 4.91. The standard InChI is InChI=1S/C5H7N3S/c1-4-2-7-5(9-4)3-8-6/h2-3H,6H2,1H3/b8-3-. The highest BCUT2D eigenvalue weighted by atomic mass is 32.1. The Balaban J connectivity index is 2.85. The van der Waals surface area contributed by atoms with Crippen molar-refractivity contribution in [2.75, 3.05) is 0 Å². The van der Waals surface area contributed by atoms with E-state index in [9.17, 15) is 0 Å². The highest BCUT2D eigenvalue weighted by molar-refractivity contribution is 7.13. The minimum Gasteiger partial charge on any atom is -0.323 e. The molecule has 1 aromatic heterocycles. The smallest absolute Gasteiger partial charge is 0.136 e. The van der Waals surface area contributed by atoms with E-state index in [4.69, 9.17) is 5.84 Å². The number of nitrogens with zero attached hydrogens (tertiary/aromatic N) is 2. The third-order valence-corrected chi connectivity index (χ3v) is 1.67. The van der Waals surface area contributed by atoms with Crippen LogP contribution in [0.15, 0.2) is 11.3 Å². The Kier molecular flexibility index (Phi) is 1.79. The molecule has 0 aliphatic rings. The molecule has 4 heteroatoms. The molecule has 0 bridgehead atoms. The fraction of sp³-hybridized carbons (Fsp3) is 0.200. The van der Waals surface area contributed by atoms with E-state index in [0.717, 1.165) is 5.01 Å². The van der Waals surface area contributed by atoms with Crippen molar-refractivity contribution in [1.82, 2.24) is 4.98 Å². The van der Waals surface area contributed by atoms with Gasteiger partial charge in [-0.2, -0.15) is 5.10 Å². The lowest BCUT2D eigenvalue weighted by Gasteiger charge is -1.74. The number of thiazole rings is 1. The summed E-state index contributed by atoms with van der Waals surface area (Å²) >= 11 is 1.57. The minimum absolute atomic E-state index is 0.856. The lowest BCUT2D eigenvalue weighted by molar-refractivity contribution is 1.25. The molecule has 0 saturated carbocycles. The second-order valence-electron chi connectivity index (χ2n) is 1.59. The molecule has 1 heterocycles. The molecule has 0 unspecified atom stereocenters. The van der Waals surface area contributed by atoms with Crippen LogP contribution in [0.1, 0.15) is 9.88 Å². The monoisotopic (exact) mass is 141 g/mol. The Morgan fingerprint density at radius 2 is 2.67 bits per heavy atom. The first kappa shape index (κ1) is 6.22. The molecule has 9 heavy (non-hydrogen) atoms. The molecule has 1 aromatic rings.